The van der Waals surface area contributed by atoms with Crippen molar-refractivity contribution in [3.05, 3.63) is 28.3 Å². The fourth-order valence-electron chi connectivity index (χ4n) is 1.39. The quantitative estimate of drug-likeness (QED) is 0.385. The van der Waals surface area contributed by atoms with Crippen molar-refractivity contribution in [1.29, 1.82) is 0 Å². The van der Waals surface area contributed by atoms with Crippen molar-refractivity contribution in [2.45, 2.75) is 24.3 Å². The Bertz CT molecular complexity index is 668. The van der Waals surface area contributed by atoms with Gasteiger partial charge in [-0.05, 0) is 26.0 Å². The van der Waals surface area contributed by atoms with Crippen LogP contribution in [-0.4, -0.2) is 24.8 Å². The molecule has 0 fully saturated rings. The van der Waals surface area contributed by atoms with E-state index in [-0.39, 0.29) is 5.69 Å². The molecule has 5 N–H and O–H groups in total. The van der Waals surface area contributed by atoms with Crippen LogP contribution in [0.25, 0.3) is 0 Å². The zero-order valence-corrected chi connectivity index (χ0v) is 11.6. The number of hydrogen-bond acceptors (Lipinski definition) is 6. The number of nitro benzene ring substituents is 1. The molecule has 0 radical (unpaired) electrons. The van der Waals surface area contributed by atoms with E-state index in [9.17, 15) is 23.3 Å². The summed E-state index contributed by atoms with van der Waals surface area (Å²) in [4.78, 5) is 20.6. The number of nitrogens with two attached hydrogens (primary N) is 2. The van der Waals surface area contributed by atoms with Crippen LogP contribution in [0.15, 0.2) is 23.1 Å². The molecule has 0 spiro atoms. The zero-order valence-electron chi connectivity index (χ0n) is 10.8. The van der Waals surface area contributed by atoms with Gasteiger partial charge >= 0.3 is 5.69 Å². The molecule has 1 aromatic rings. The summed E-state index contributed by atoms with van der Waals surface area (Å²) in [5.41, 5.74) is 7.83. The van der Waals surface area contributed by atoms with Crippen molar-refractivity contribution in [1.82, 2.24) is 4.72 Å². The van der Waals surface area contributed by atoms with Crippen molar-refractivity contribution < 1.29 is 18.1 Å². The van der Waals surface area contributed by atoms with Crippen molar-refractivity contribution in [2.24, 2.45) is 5.73 Å². The van der Waals surface area contributed by atoms with Gasteiger partial charge in [0.25, 0.3) is 0 Å². The molecule has 1 aromatic carbocycles. The number of nitrogens with zero attached hydrogens (tertiary/aromatic N) is 1. The third kappa shape index (κ3) is 3.03. The largest absolute Gasteiger partial charge is 0.393 e. The van der Waals surface area contributed by atoms with Gasteiger partial charge in [-0.2, -0.15) is 4.72 Å². The van der Waals surface area contributed by atoms with E-state index < -0.39 is 37.0 Å². The summed E-state index contributed by atoms with van der Waals surface area (Å²) >= 11 is 0. The summed E-state index contributed by atoms with van der Waals surface area (Å²) in [6.07, 6.45) is 0. The Morgan fingerprint density at radius 3 is 2.40 bits per heavy atom. The van der Waals surface area contributed by atoms with Crippen molar-refractivity contribution in [2.75, 3.05) is 5.73 Å². The lowest BCUT2D eigenvalue weighted by Crippen LogP contribution is -2.52. The summed E-state index contributed by atoms with van der Waals surface area (Å²) in [6.45, 7) is 2.48. The minimum absolute atomic E-state index is 0.297. The third-order valence-electron chi connectivity index (χ3n) is 2.51. The van der Waals surface area contributed by atoms with E-state index in [0.29, 0.717) is 0 Å². The molecule has 0 aliphatic heterocycles. The van der Waals surface area contributed by atoms with Gasteiger partial charge in [0.15, 0.2) is 4.90 Å². The maximum absolute atomic E-state index is 12.2. The first-order valence-corrected chi connectivity index (χ1v) is 6.84. The standard InChI is InChI=1S/C10H14N4O5S/c1-10(2,9(12)15)13-20(18,19)7-5-3-4-6(11)8(7)14(16)17/h3-5,13H,11H2,1-2H3,(H2,12,15). The predicted octanol–water partition coefficient (Wildman–Crippen LogP) is -0.281. The van der Waals surface area contributed by atoms with Gasteiger partial charge < -0.3 is 11.5 Å². The first kappa shape index (κ1) is 15.9. The lowest BCUT2D eigenvalue weighted by Gasteiger charge is -2.22. The van der Waals surface area contributed by atoms with E-state index >= 15 is 0 Å². The summed E-state index contributed by atoms with van der Waals surface area (Å²) in [5.74, 6) is -0.923. The number of nitrogen functional groups attached to an aromatic ring is 1. The fraction of sp³-hybridized carbons (Fsp3) is 0.300. The average molecular weight is 302 g/mol. The van der Waals surface area contributed by atoms with Crippen LogP contribution in [0.4, 0.5) is 11.4 Å². The van der Waals surface area contributed by atoms with Crippen molar-refractivity contribution in [3.8, 4) is 0 Å². The van der Waals surface area contributed by atoms with E-state index in [1.807, 2.05) is 4.72 Å². The molecular formula is C10H14N4O5S. The molecule has 0 heterocycles. The number of sulfonamides is 1. The molecule has 0 atom stereocenters. The highest BCUT2D eigenvalue weighted by molar-refractivity contribution is 7.89. The van der Waals surface area contributed by atoms with E-state index in [0.717, 1.165) is 6.07 Å². The van der Waals surface area contributed by atoms with Gasteiger partial charge in [-0.25, -0.2) is 8.42 Å². The number of amides is 1. The Balaban J connectivity index is 3.42. The lowest BCUT2D eigenvalue weighted by molar-refractivity contribution is -0.386. The molecule has 110 valence electrons. The number of para-hydroxylation sites is 1. The number of carbonyl (C=O) groups is 1. The first-order chi connectivity index (χ1) is 8.99. The molecule has 10 heteroatoms. The Morgan fingerprint density at radius 2 is 1.95 bits per heavy atom. The Hall–Kier alpha value is -2.20. The van der Waals surface area contributed by atoms with Crippen LogP contribution < -0.4 is 16.2 Å². The molecule has 20 heavy (non-hydrogen) atoms. The molecule has 0 unspecified atom stereocenters. The van der Waals surface area contributed by atoms with Crippen molar-refractivity contribution >= 4 is 27.3 Å². The molecule has 0 bridgehead atoms. The second-order valence-electron chi connectivity index (χ2n) is 4.55. The summed E-state index contributed by atoms with van der Waals surface area (Å²) in [6, 6.07) is 3.48. The second-order valence-corrected chi connectivity index (χ2v) is 6.20. The van der Waals surface area contributed by atoms with E-state index in [4.69, 9.17) is 11.5 Å². The van der Waals surface area contributed by atoms with Gasteiger partial charge in [-0.15, -0.1) is 0 Å². The van der Waals surface area contributed by atoms with Gasteiger partial charge in [-0.1, -0.05) is 6.07 Å². The van der Waals surface area contributed by atoms with E-state index in [1.54, 1.807) is 0 Å². The topological polar surface area (TPSA) is 158 Å². The first-order valence-electron chi connectivity index (χ1n) is 5.36. The minimum atomic E-state index is -4.33. The summed E-state index contributed by atoms with van der Waals surface area (Å²) < 4.78 is 26.3. The normalized spacial score (nSPS) is 12.1. The highest BCUT2D eigenvalue weighted by Gasteiger charge is 2.35. The Kier molecular flexibility index (Phi) is 4.01. The fourth-order valence-corrected chi connectivity index (χ4v) is 2.98. The third-order valence-corrected chi connectivity index (χ3v) is 4.20. The number of nitro groups is 1. The van der Waals surface area contributed by atoms with E-state index in [2.05, 4.69) is 0 Å². The molecule has 1 rings (SSSR count). The molecule has 9 nitrogen and oxygen atoms in total. The molecule has 0 saturated carbocycles. The van der Waals surface area contributed by atoms with Gasteiger partial charge in [0.2, 0.25) is 15.9 Å². The number of nitrogens with one attached hydrogen (secondary N) is 1. The molecule has 0 aliphatic rings. The minimum Gasteiger partial charge on any atom is -0.393 e. The van der Waals surface area contributed by atoms with Crippen LogP contribution in [0.1, 0.15) is 13.8 Å². The summed E-state index contributed by atoms with van der Waals surface area (Å²) in [5, 5.41) is 10.9. The zero-order chi connectivity index (χ0) is 15.7. The van der Waals surface area contributed by atoms with Crippen molar-refractivity contribution in [3.63, 3.8) is 0 Å². The molecule has 1 amide bonds. The van der Waals surface area contributed by atoms with Crippen LogP contribution in [-0.2, 0) is 14.8 Å². The van der Waals surface area contributed by atoms with Crippen LogP contribution in [0.3, 0.4) is 0 Å². The maximum Gasteiger partial charge on any atom is 0.312 e. The van der Waals surface area contributed by atoms with Crippen LogP contribution in [0.5, 0.6) is 0 Å². The van der Waals surface area contributed by atoms with Gasteiger partial charge in [0.1, 0.15) is 11.2 Å². The SMILES string of the molecule is CC(C)(NS(=O)(=O)c1cccc(N)c1[N+](=O)[O-])C(N)=O. The van der Waals surface area contributed by atoms with Crippen LogP contribution in [0, 0.1) is 10.1 Å². The second kappa shape index (κ2) is 5.06. The van der Waals surface area contributed by atoms with Gasteiger partial charge in [0, 0.05) is 0 Å². The maximum atomic E-state index is 12.2. The molecular weight excluding hydrogens is 288 g/mol. The highest BCUT2D eigenvalue weighted by atomic mass is 32.2. The summed E-state index contributed by atoms with van der Waals surface area (Å²) in [7, 11) is -4.33. The number of hydrogen-bond donors (Lipinski definition) is 3. The monoisotopic (exact) mass is 302 g/mol. The van der Waals surface area contributed by atoms with Crippen LogP contribution in [0.2, 0.25) is 0 Å². The smallest absolute Gasteiger partial charge is 0.312 e. The molecule has 0 aromatic heterocycles. The number of rotatable bonds is 5. The number of benzene rings is 1. The van der Waals surface area contributed by atoms with Crippen LogP contribution >= 0.6 is 0 Å². The predicted molar refractivity (Wildman–Crippen MR) is 71.1 cm³/mol. The number of anilines is 1. The molecule has 0 aliphatic carbocycles. The molecule has 0 saturated heterocycles. The van der Waals surface area contributed by atoms with E-state index in [1.165, 1.54) is 26.0 Å². The number of primary amides is 1. The van der Waals surface area contributed by atoms with Gasteiger partial charge in [-0.3, -0.25) is 14.9 Å². The number of carbonyl (C=O) groups excluding carboxylic acids is 1. The highest BCUT2D eigenvalue weighted by Crippen LogP contribution is 2.30. The average Bonchev–Trinajstić information content (AvgIpc) is 2.26. The van der Waals surface area contributed by atoms with Gasteiger partial charge in [0.05, 0.1) is 4.92 Å². The lowest BCUT2D eigenvalue weighted by atomic mass is 10.1. The Morgan fingerprint density at radius 1 is 1.40 bits per heavy atom. The Labute approximate surface area is 115 Å².